The fraction of sp³-hybridized carbons (Fsp3) is 0.391. The molecule has 7 nitrogen and oxygen atoms in total. The third kappa shape index (κ3) is 5.81. The van der Waals surface area contributed by atoms with Crippen molar-refractivity contribution < 1.29 is 22.7 Å². The van der Waals surface area contributed by atoms with Crippen LogP contribution in [0.15, 0.2) is 53.4 Å². The number of rotatable bonds is 7. The van der Waals surface area contributed by atoms with Gasteiger partial charge in [-0.25, -0.2) is 13.2 Å². The van der Waals surface area contributed by atoms with Crippen LogP contribution in [0, 0.1) is 5.92 Å². The third-order valence-electron chi connectivity index (χ3n) is 5.69. The molecule has 2 aromatic carbocycles. The van der Waals surface area contributed by atoms with E-state index in [0.717, 1.165) is 30.0 Å². The lowest BCUT2D eigenvalue weighted by molar-refractivity contribution is -0.125. The molecule has 1 N–H and O–H groups in total. The number of nitrogens with zero attached hydrogens (tertiary/aromatic N) is 1. The lowest BCUT2D eigenvalue weighted by atomic mass is 9.86. The van der Waals surface area contributed by atoms with Crippen molar-refractivity contribution in [2.45, 2.75) is 43.5 Å². The number of halogens is 1. The summed E-state index contributed by atoms with van der Waals surface area (Å²) in [6.07, 6.45) is 4.21. The predicted octanol–water partition coefficient (Wildman–Crippen LogP) is 4.02. The van der Waals surface area contributed by atoms with Gasteiger partial charge in [-0.3, -0.25) is 9.10 Å². The third-order valence-corrected chi connectivity index (χ3v) is 7.71. The molecule has 0 spiro atoms. The van der Waals surface area contributed by atoms with E-state index in [1.807, 2.05) is 0 Å². The number of hydrogen-bond donors (Lipinski definition) is 1. The summed E-state index contributed by atoms with van der Waals surface area (Å²) in [6, 6.07) is 12.1. The van der Waals surface area contributed by atoms with Crippen LogP contribution in [-0.2, 0) is 19.6 Å². The summed E-state index contributed by atoms with van der Waals surface area (Å²) in [5.41, 5.74) is 0.434. The molecule has 3 rings (SSSR count). The van der Waals surface area contributed by atoms with Crippen LogP contribution >= 0.6 is 11.6 Å². The Labute approximate surface area is 193 Å². The second-order valence-electron chi connectivity index (χ2n) is 7.99. The minimum atomic E-state index is -3.93. The van der Waals surface area contributed by atoms with Crippen molar-refractivity contribution in [3.05, 3.63) is 59.1 Å². The van der Waals surface area contributed by atoms with E-state index < -0.39 is 22.6 Å². The second kappa shape index (κ2) is 10.4. The average Bonchev–Trinajstić information content (AvgIpc) is 2.78. The smallest absolute Gasteiger partial charge is 0.338 e. The van der Waals surface area contributed by atoms with Gasteiger partial charge in [0.25, 0.3) is 15.9 Å². The molecule has 0 bridgehead atoms. The molecule has 2 aromatic rings. The van der Waals surface area contributed by atoms with E-state index in [1.54, 1.807) is 18.2 Å². The average molecular weight is 479 g/mol. The lowest BCUT2D eigenvalue weighted by Gasteiger charge is -2.29. The molecule has 1 aliphatic carbocycles. The van der Waals surface area contributed by atoms with E-state index in [9.17, 15) is 18.0 Å². The highest BCUT2D eigenvalue weighted by Crippen LogP contribution is 2.25. The number of carbonyl (C=O) groups excluding carboxylic acids is 2. The number of anilines is 1. The Hall–Kier alpha value is -2.58. The Kier molecular flexibility index (Phi) is 7.79. The first-order valence-corrected chi connectivity index (χ1v) is 12.3. The summed E-state index contributed by atoms with van der Waals surface area (Å²) in [7, 11) is -2.53. The number of ether oxygens (including phenoxy) is 1. The van der Waals surface area contributed by atoms with Gasteiger partial charge in [0.15, 0.2) is 6.61 Å². The summed E-state index contributed by atoms with van der Waals surface area (Å²) >= 11 is 5.97. The SMILES string of the molecule is CC1CCCCC1NC(=O)COC(=O)c1cccc(S(=O)(=O)N(C)c2cccc(Cl)c2)c1. The normalized spacial score (nSPS) is 18.6. The molecule has 0 aliphatic heterocycles. The van der Waals surface area contributed by atoms with Crippen LogP contribution in [0.4, 0.5) is 5.69 Å². The van der Waals surface area contributed by atoms with Crippen molar-refractivity contribution in [3.63, 3.8) is 0 Å². The molecule has 1 amide bonds. The molecule has 0 saturated heterocycles. The summed E-state index contributed by atoms with van der Waals surface area (Å²) < 4.78 is 32.2. The van der Waals surface area contributed by atoms with Crippen LogP contribution in [0.5, 0.6) is 0 Å². The molecule has 1 saturated carbocycles. The number of benzene rings is 2. The maximum Gasteiger partial charge on any atom is 0.338 e. The highest BCUT2D eigenvalue weighted by atomic mass is 35.5. The second-order valence-corrected chi connectivity index (χ2v) is 10.4. The van der Waals surface area contributed by atoms with Gasteiger partial charge in [0, 0.05) is 18.1 Å². The first-order valence-electron chi connectivity index (χ1n) is 10.5. The fourth-order valence-electron chi connectivity index (χ4n) is 3.75. The van der Waals surface area contributed by atoms with Gasteiger partial charge in [-0.1, -0.05) is 43.5 Å². The minimum Gasteiger partial charge on any atom is -0.452 e. The molecule has 0 aromatic heterocycles. The topological polar surface area (TPSA) is 92.8 Å². The molecular weight excluding hydrogens is 452 g/mol. The first kappa shape index (κ1) is 24.1. The Bertz CT molecular complexity index is 1090. The largest absolute Gasteiger partial charge is 0.452 e. The van der Waals surface area contributed by atoms with Gasteiger partial charge in [0.2, 0.25) is 0 Å². The van der Waals surface area contributed by atoms with E-state index in [-0.39, 0.29) is 22.4 Å². The van der Waals surface area contributed by atoms with Gasteiger partial charge in [0.1, 0.15) is 0 Å². The quantitative estimate of drug-likeness (QED) is 0.607. The molecule has 1 fully saturated rings. The molecule has 0 radical (unpaired) electrons. The summed E-state index contributed by atoms with van der Waals surface area (Å²) in [6.45, 7) is 1.68. The van der Waals surface area contributed by atoms with E-state index in [0.29, 0.717) is 16.6 Å². The Morgan fingerprint density at radius 1 is 1.12 bits per heavy atom. The predicted molar refractivity (Wildman–Crippen MR) is 123 cm³/mol. The monoisotopic (exact) mass is 478 g/mol. The van der Waals surface area contributed by atoms with Crippen molar-refractivity contribution in [1.29, 1.82) is 0 Å². The molecule has 2 atom stereocenters. The zero-order valence-corrected chi connectivity index (χ0v) is 19.7. The summed E-state index contributed by atoms with van der Waals surface area (Å²) in [5.74, 6) is -0.734. The number of esters is 1. The van der Waals surface area contributed by atoms with Crippen molar-refractivity contribution in [1.82, 2.24) is 5.32 Å². The molecule has 1 aliphatic rings. The molecule has 32 heavy (non-hydrogen) atoms. The van der Waals surface area contributed by atoms with Crippen LogP contribution in [-0.4, -0.2) is 40.0 Å². The van der Waals surface area contributed by atoms with Gasteiger partial charge in [0.05, 0.1) is 16.1 Å². The van der Waals surface area contributed by atoms with Gasteiger partial charge < -0.3 is 10.1 Å². The van der Waals surface area contributed by atoms with Crippen molar-refractivity contribution in [3.8, 4) is 0 Å². The molecule has 9 heteroatoms. The van der Waals surface area contributed by atoms with Crippen LogP contribution in [0.1, 0.15) is 43.0 Å². The van der Waals surface area contributed by atoms with Crippen LogP contribution in [0.25, 0.3) is 0 Å². The van der Waals surface area contributed by atoms with E-state index in [2.05, 4.69) is 12.2 Å². The summed E-state index contributed by atoms with van der Waals surface area (Å²) in [5, 5.41) is 3.32. The van der Waals surface area contributed by atoms with E-state index in [1.165, 1.54) is 37.4 Å². The standard InChI is InChI=1S/C23H27ClN2O5S/c1-16-7-3-4-12-21(16)25-22(27)15-31-23(28)17-8-5-11-20(13-17)32(29,30)26(2)19-10-6-9-18(24)14-19/h5-6,8-11,13-14,16,21H,3-4,7,12,15H2,1-2H3,(H,25,27). The van der Waals surface area contributed by atoms with Gasteiger partial charge in [-0.15, -0.1) is 0 Å². The summed E-state index contributed by atoms with van der Waals surface area (Å²) in [4.78, 5) is 24.6. The highest BCUT2D eigenvalue weighted by molar-refractivity contribution is 7.92. The van der Waals surface area contributed by atoms with Crippen LogP contribution in [0.3, 0.4) is 0 Å². The molecule has 0 heterocycles. The first-order chi connectivity index (χ1) is 15.2. The van der Waals surface area contributed by atoms with Crippen molar-refractivity contribution in [2.75, 3.05) is 18.0 Å². The number of amides is 1. The molecule has 172 valence electrons. The number of carbonyl (C=O) groups is 2. The zero-order valence-electron chi connectivity index (χ0n) is 18.1. The molecule has 2 unspecified atom stereocenters. The van der Waals surface area contributed by atoms with Crippen LogP contribution in [0.2, 0.25) is 5.02 Å². The van der Waals surface area contributed by atoms with Gasteiger partial charge >= 0.3 is 5.97 Å². The Morgan fingerprint density at radius 2 is 1.84 bits per heavy atom. The maximum atomic E-state index is 13.0. The van der Waals surface area contributed by atoms with Crippen molar-refractivity contribution >= 4 is 39.2 Å². The maximum absolute atomic E-state index is 13.0. The Balaban J connectivity index is 1.65. The number of nitrogens with one attached hydrogen (secondary N) is 1. The van der Waals surface area contributed by atoms with Crippen LogP contribution < -0.4 is 9.62 Å². The van der Waals surface area contributed by atoms with Crippen molar-refractivity contribution in [2.24, 2.45) is 5.92 Å². The minimum absolute atomic E-state index is 0.0457. The highest BCUT2D eigenvalue weighted by Gasteiger charge is 2.25. The number of hydrogen-bond acceptors (Lipinski definition) is 5. The van der Waals surface area contributed by atoms with E-state index >= 15 is 0 Å². The Morgan fingerprint density at radius 3 is 2.56 bits per heavy atom. The number of sulfonamides is 1. The fourth-order valence-corrected chi connectivity index (χ4v) is 5.16. The molecular formula is C23H27ClN2O5S. The lowest BCUT2D eigenvalue weighted by Crippen LogP contribution is -2.42. The van der Waals surface area contributed by atoms with Gasteiger partial charge in [-0.05, 0) is 55.2 Å². The van der Waals surface area contributed by atoms with Gasteiger partial charge in [-0.2, -0.15) is 0 Å². The van der Waals surface area contributed by atoms with E-state index in [4.69, 9.17) is 16.3 Å². The zero-order chi connectivity index (χ0) is 23.3.